The van der Waals surface area contributed by atoms with Crippen LogP contribution in [0.25, 0.3) is 0 Å². The molecule has 0 bridgehead atoms. The first-order valence-corrected chi connectivity index (χ1v) is 7.60. The summed E-state index contributed by atoms with van der Waals surface area (Å²) in [6.45, 7) is 0.749. The summed E-state index contributed by atoms with van der Waals surface area (Å²) in [4.78, 5) is 0. The van der Waals surface area contributed by atoms with Gasteiger partial charge < -0.3 is 15.9 Å². The van der Waals surface area contributed by atoms with Crippen molar-refractivity contribution in [3.8, 4) is 0 Å². The lowest BCUT2D eigenvalue weighted by molar-refractivity contribution is 0.105. The van der Waals surface area contributed by atoms with Gasteiger partial charge in [0.25, 0.3) is 0 Å². The van der Waals surface area contributed by atoms with Crippen LogP contribution in [0.15, 0.2) is 24.3 Å². The molecule has 1 aromatic rings. The standard InChI is InChI=1S/C12H20N2O4S/c1-2-12(8-15,9-16)14-19(17,18)7-10-5-3-4-6-11(10)13/h3-6,14-16H,2,7-9,13H2,1H3. The molecule has 5 N–H and O–H groups in total. The molecule has 0 heterocycles. The number of nitrogen functional groups attached to an aromatic ring is 1. The van der Waals surface area contributed by atoms with Gasteiger partial charge in [0.2, 0.25) is 10.0 Å². The summed E-state index contributed by atoms with van der Waals surface area (Å²) in [5.41, 5.74) is 5.34. The lowest BCUT2D eigenvalue weighted by Gasteiger charge is -2.29. The van der Waals surface area contributed by atoms with Crippen molar-refractivity contribution in [2.45, 2.75) is 24.6 Å². The van der Waals surface area contributed by atoms with Crippen LogP contribution in [-0.4, -0.2) is 37.4 Å². The fourth-order valence-electron chi connectivity index (χ4n) is 1.65. The van der Waals surface area contributed by atoms with E-state index >= 15 is 0 Å². The molecule has 7 heteroatoms. The first-order valence-electron chi connectivity index (χ1n) is 5.95. The molecule has 0 spiro atoms. The Morgan fingerprint density at radius 2 is 1.84 bits per heavy atom. The monoisotopic (exact) mass is 288 g/mol. The number of para-hydroxylation sites is 1. The molecule has 0 radical (unpaired) electrons. The summed E-state index contributed by atoms with van der Waals surface area (Å²) >= 11 is 0. The molecule has 6 nitrogen and oxygen atoms in total. The zero-order chi connectivity index (χ0) is 14.5. The van der Waals surface area contributed by atoms with Crippen LogP contribution in [0, 0.1) is 0 Å². The third-order valence-corrected chi connectivity index (χ3v) is 4.49. The quantitative estimate of drug-likeness (QED) is 0.520. The summed E-state index contributed by atoms with van der Waals surface area (Å²) in [5.74, 6) is -0.290. The first-order chi connectivity index (χ1) is 8.88. The third-order valence-electron chi connectivity index (χ3n) is 3.05. The highest BCUT2D eigenvalue weighted by atomic mass is 32.2. The van der Waals surface area contributed by atoms with Crippen molar-refractivity contribution in [1.29, 1.82) is 0 Å². The van der Waals surface area contributed by atoms with E-state index in [4.69, 9.17) is 5.73 Å². The zero-order valence-corrected chi connectivity index (χ0v) is 11.7. The van der Waals surface area contributed by atoms with Crippen LogP contribution in [-0.2, 0) is 15.8 Å². The van der Waals surface area contributed by atoms with Crippen LogP contribution in [0.1, 0.15) is 18.9 Å². The van der Waals surface area contributed by atoms with Crippen LogP contribution < -0.4 is 10.5 Å². The fraction of sp³-hybridized carbons (Fsp3) is 0.500. The predicted octanol–water partition coefficient (Wildman–Crippen LogP) is -0.178. The summed E-state index contributed by atoms with van der Waals surface area (Å²) in [6, 6.07) is 6.67. The summed E-state index contributed by atoms with van der Waals surface area (Å²) < 4.78 is 26.5. The lowest BCUT2D eigenvalue weighted by atomic mass is 10.0. The van der Waals surface area contributed by atoms with Gasteiger partial charge in [-0.05, 0) is 18.1 Å². The topological polar surface area (TPSA) is 113 Å². The number of hydrogen-bond donors (Lipinski definition) is 4. The number of hydrogen-bond acceptors (Lipinski definition) is 5. The minimum Gasteiger partial charge on any atom is -0.398 e. The second-order valence-electron chi connectivity index (χ2n) is 4.51. The summed E-state index contributed by atoms with van der Waals surface area (Å²) in [5, 5.41) is 18.5. The second kappa shape index (κ2) is 6.33. The Morgan fingerprint density at radius 3 is 2.32 bits per heavy atom. The summed E-state index contributed by atoms with van der Waals surface area (Å²) in [7, 11) is -3.70. The lowest BCUT2D eigenvalue weighted by Crippen LogP contribution is -2.53. The van der Waals surface area contributed by atoms with E-state index in [1.54, 1.807) is 31.2 Å². The molecule has 1 aromatic carbocycles. The minimum absolute atomic E-state index is 0.281. The largest absolute Gasteiger partial charge is 0.398 e. The molecule has 0 atom stereocenters. The molecule has 0 saturated heterocycles. The number of benzene rings is 1. The molecule has 0 aliphatic rings. The van der Waals surface area contributed by atoms with E-state index in [1.807, 2.05) is 0 Å². The second-order valence-corrected chi connectivity index (χ2v) is 6.23. The number of sulfonamides is 1. The molecule has 1 rings (SSSR count). The number of nitrogens with one attached hydrogen (secondary N) is 1. The molecule has 0 saturated carbocycles. The van der Waals surface area contributed by atoms with E-state index < -0.39 is 28.8 Å². The molecular formula is C12H20N2O4S. The van der Waals surface area contributed by atoms with E-state index in [0.29, 0.717) is 11.3 Å². The van der Waals surface area contributed by atoms with E-state index in [9.17, 15) is 18.6 Å². The maximum Gasteiger partial charge on any atom is 0.216 e. The van der Waals surface area contributed by atoms with E-state index in [2.05, 4.69) is 4.72 Å². The molecule has 0 aliphatic heterocycles. The van der Waals surface area contributed by atoms with Crippen molar-refractivity contribution in [3.05, 3.63) is 29.8 Å². The number of rotatable bonds is 7. The van der Waals surface area contributed by atoms with Gasteiger partial charge in [-0.1, -0.05) is 25.1 Å². The highest BCUT2D eigenvalue weighted by molar-refractivity contribution is 7.88. The SMILES string of the molecule is CCC(CO)(CO)NS(=O)(=O)Cc1ccccc1N. The molecule has 0 fully saturated rings. The molecule has 0 unspecified atom stereocenters. The fourth-order valence-corrected chi connectivity index (χ4v) is 3.32. The highest BCUT2D eigenvalue weighted by Crippen LogP contribution is 2.16. The van der Waals surface area contributed by atoms with Gasteiger partial charge in [0.15, 0.2) is 0 Å². The Morgan fingerprint density at radius 1 is 1.26 bits per heavy atom. The zero-order valence-electron chi connectivity index (χ0n) is 10.8. The van der Waals surface area contributed by atoms with Gasteiger partial charge >= 0.3 is 0 Å². The van der Waals surface area contributed by atoms with E-state index in [0.717, 1.165) is 0 Å². The average Bonchev–Trinajstić information content (AvgIpc) is 2.39. The van der Waals surface area contributed by atoms with Gasteiger partial charge in [-0.25, -0.2) is 13.1 Å². The molecular weight excluding hydrogens is 268 g/mol. The maximum atomic E-state index is 12.1. The van der Waals surface area contributed by atoms with Crippen LogP contribution in [0.2, 0.25) is 0 Å². The number of anilines is 1. The number of aliphatic hydroxyl groups excluding tert-OH is 2. The van der Waals surface area contributed by atoms with Crippen molar-refractivity contribution >= 4 is 15.7 Å². The van der Waals surface area contributed by atoms with Gasteiger partial charge in [-0.3, -0.25) is 0 Å². The average molecular weight is 288 g/mol. The third kappa shape index (κ3) is 4.17. The molecule has 19 heavy (non-hydrogen) atoms. The van der Waals surface area contributed by atoms with E-state index in [1.165, 1.54) is 0 Å². The first kappa shape index (κ1) is 15.9. The van der Waals surface area contributed by atoms with Crippen LogP contribution in [0.4, 0.5) is 5.69 Å². The van der Waals surface area contributed by atoms with Gasteiger partial charge in [-0.2, -0.15) is 0 Å². The van der Waals surface area contributed by atoms with Crippen LogP contribution in [0.3, 0.4) is 0 Å². The number of aliphatic hydroxyl groups is 2. The van der Waals surface area contributed by atoms with Crippen molar-refractivity contribution in [2.75, 3.05) is 18.9 Å². The minimum atomic E-state index is -3.70. The van der Waals surface area contributed by atoms with Gasteiger partial charge in [0, 0.05) is 5.69 Å². The van der Waals surface area contributed by atoms with Gasteiger partial charge in [-0.15, -0.1) is 0 Å². The molecule has 108 valence electrons. The Labute approximate surface area is 113 Å². The highest BCUT2D eigenvalue weighted by Gasteiger charge is 2.32. The Kier molecular flexibility index (Phi) is 5.30. The summed E-state index contributed by atoms with van der Waals surface area (Å²) in [6.07, 6.45) is 0.281. The molecule has 0 amide bonds. The van der Waals surface area contributed by atoms with Gasteiger partial charge in [0.1, 0.15) is 0 Å². The molecule has 0 aromatic heterocycles. The van der Waals surface area contributed by atoms with Crippen molar-refractivity contribution in [1.82, 2.24) is 4.72 Å². The van der Waals surface area contributed by atoms with Gasteiger partial charge in [0.05, 0.1) is 24.5 Å². The Bertz CT molecular complexity index is 504. The van der Waals surface area contributed by atoms with Crippen LogP contribution >= 0.6 is 0 Å². The maximum absolute atomic E-state index is 12.1. The Balaban J connectivity index is 2.91. The van der Waals surface area contributed by atoms with E-state index in [-0.39, 0.29) is 12.2 Å². The normalized spacial score (nSPS) is 12.6. The predicted molar refractivity (Wildman–Crippen MR) is 73.8 cm³/mol. The van der Waals surface area contributed by atoms with Crippen molar-refractivity contribution in [3.63, 3.8) is 0 Å². The smallest absolute Gasteiger partial charge is 0.216 e. The van der Waals surface area contributed by atoms with Crippen molar-refractivity contribution < 1.29 is 18.6 Å². The van der Waals surface area contributed by atoms with Crippen LogP contribution in [0.5, 0.6) is 0 Å². The molecule has 0 aliphatic carbocycles. The Hall–Kier alpha value is -1.15. The van der Waals surface area contributed by atoms with Crippen molar-refractivity contribution in [2.24, 2.45) is 0 Å². The number of nitrogens with two attached hydrogens (primary N) is 1.